The molecular weight excluding hydrogens is 458 g/mol. The summed E-state index contributed by atoms with van der Waals surface area (Å²) in [6.45, 7) is 4.71. The highest BCUT2D eigenvalue weighted by Gasteiger charge is 2.36. The molecule has 13 heteroatoms. The molecular formula is C20H12F6N4O3. The molecule has 1 aliphatic rings. The first-order valence-corrected chi connectivity index (χ1v) is 9.16. The van der Waals surface area contributed by atoms with Gasteiger partial charge in [0.2, 0.25) is 18.6 Å². The summed E-state index contributed by atoms with van der Waals surface area (Å²) >= 11 is 0. The number of alkyl halides is 6. The third-order valence-corrected chi connectivity index (χ3v) is 4.55. The van der Waals surface area contributed by atoms with Gasteiger partial charge in [0.15, 0.2) is 17.2 Å². The minimum atomic E-state index is -4.92. The fourth-order valence-corrected chi connectivity index (χ4v) is 3.13. The fraction of sp³-hybridized carbons (Fsp3) is 0.250. The van der Waals surface area contributed by atoms with Crippen LogP contribution in [0.15, 0.2) is 40.8 Å². The van der Waals surface area contributed by atoms with Gasteiger partial charge < -0.3 is 18.8 Å². The van der Waals surface area contributed by atoms with E-state index in [1.54, 1.807) is 18.2 Å². The van der Waals surface area contributed by atoms with E-state index in [-0.39, 0.29) is 18.6 Å². The number of hydrogen-bond acceptors (Lipinski definition) is 6. The molecule has 0 atom stereocenters. The van der Waals surface area contributed by atoms with Crippen LogP contribution in [0.1, 0.15) is 11.5 Å². The van der Waals surface area contributed by atoms with Crippen molar-refractivity contribution in [2.45, 2.75) is 18.9 Å². The van der Waals surface area contributed by atoms with Crippen molar-refractivity contribution >= 4 is 11.4 Å². The van der Waals surface area contributed by atoms with Gasteiger partial charge in [-0.3, -0.25) is 0 Å². The van der Waals surface area contributed by atoms with E-state index in [2.05, 4.69) is 15.0 Å². The van der Waals surface area contributed by atoms with Gasteiger partial charge in [0, 0.05) is 11.3 Å². The normalized spacial score (nSPS) is 13.1. The third kappa shape index (κ3) is 4.94. The second-order valence-corrected chi connectivity index (χ2v) is 6.85. The first kappa shape index (κ1) is 22.3. The summed E-state index contributed by atoms with van der Waals surface area (Å²) in [7, 11) is 0. The van der Waals surface area contributed by atoms with Gasteiger partial charge in [0.05, 0.1) is 18.7 Å². The number of ether oxygens (including phenoxy) is 2. The van der Waals surface area contributed by atoms with E-state index in [1.165, 1.54) is 0 Å². The van der Waals surface area contributed by atoms with Gasteiger partial charge in [-0.2, -0.15) is 26.3 Å². The molecule has 2 heterocycles. The Labute approximate surface area is 182 Å². The summed E-state index contributed by atoms with van der Waals surface area (Å²) in [6.07, 6.45) is -9.66. The molecule has 3 aromatic rings. The van der Waals surface area contributed by atoms with E-state index in [1.807, 2.05) is 0 Å². The van der Waals surface area contributed by atoms with Crippen molar-refractivity contribution in [2.24, 2.45) is 0 Å². The number of fused-ring (bicyclic) bond motifs is 1. The minimum absolute atomic E-state index is 0.0189. The highest BCUT2D eigenvalue weighted by Crippen LogP contribution is 2.40. The summed E-state index contributed by atoms with van der Waals surface area (Å²) in [5, 5.41) is 7.52. The van der Waals surface area contributed by atoms with Gasteiger partial charge in [0.1, 0.15) is 6.54 Å². The second kappa shape index (κ2) is 8.19. The lowest BCUT2D eigenvalue weighted by Crippen LogP contribution is -2.34. The highest BCUT2D eigenvalue weighted by atomic mass is 19.4. The zero-order valence-electron chi connectivity index (χ0n) is 16.4. The van der Waals surface area contributed by atoms with Gasteiger partial charge in [-0.15, -0.1) is 10.2 Å². The lowest BCUT2D eigenvalue weighted by Gasteiger charge is -2.25. The van der Waals surface area contributed by atoms with E-state index >= 15 is 0 Å². The zero-order chi connectivity index (χ0) is 23.8. The van der Waals surface area contributed by atoms with E-state index < -0.39 is 42.4 Å². The minimum Gasteiger partial charge on any atom is -0.454 e. The topological polar surface area (TPSA) is 65.0 Å². The van der Waals surface area contributed by atoms with E-state index in [0.29, 0.717) is 28.0 Å². The van der Waals surface area contributed by atoms with Gasteiger partial charge in [0.25, 0.3) is 0 Å². The van der Waals surface area contributed by atoms with Crippen LogP contribution >= 0.6 is 0 Å². The molecule has 0 aliphatic carbocycles. The first-order valence-electron chi connectivity index (χ1n) is 9.16. The predicted molar refractivity (Wildman–Crippen MR) is 101 cm³/mol. The Balaban J connectivity index is 1.64. The average molecular weight is 470 g/mol. The molecule has 172 valence electrons. The van der Waals surface area contributed by atoms with Crippen LogP contribution in [0.25, 0.3) is 16.3 Å². The lowest BCUT2D eigenvalue weighted by molar-refractivity contribution is -0.136. The Morgan fingerprint density at radius 1 is 0.970 bits per heavy atom. The second-order valence-electron chi connectivity index (χ2n) is 6.85. The van der Waals surface area contributed by atoms with Gasteiger partial charge >= 0.3 is 12.4 Å². The smallest absolute Gasteiger partial charge is 0.407 e. The monoisotopic (exact) mass is 470 g/mol. The molecule has 33 heavy (non-hydrogen) atoms. The Morgan fingerprint density at radius 3 is 2.42 bits per heavy atom. The van der Waals surface area contributed by atoms with Crippen LogP contribution in [0.2, 0.25) is 0 Å². The van der Waals surface area contributed by atoms with Crippen LogP contribution in [-0.2, 0) is 12.7 Å². The van der Waals surface area contributed by atoms with E-state index in [0.717, 1.165) is 12.1 Å². The third-order valence-electron chi connectivity index (χ3n) is 4.55. The molecule has 0 spiro atoms. The van der Waals surface area contributed by atoms with Crippen molar-refractivity contribution in [1.29, 1.82) is 0 Å². The average Bonchev–Trinajstić information content (AvgIpc) is 3.40. The largest absolute Gasteiger partial charge is 0.454 e. The predicted octanol–water partition coefficient (Wildman–Crippen LogP) is 5.60. The van der Waals surface area contributed by atoms with E-state index in [4.69, 9.17) is 20.5 Å². The standard InChI is InChI=1S/C20H12F6N4O3/c1-27-14-4-3-12(7-13(14)20(24,25)26)30(9-19(21,22)23)8-17-28-29-18(33-17)11-2-5-15-16(6-11)32-10-31-15/h2-7H,8-10H2. The molecule has 0 amide bonds. The van der Waals surface area contributed by atoms with Crippen LogP contribution in [0.3, 0.4) is 0 Å². The highest BCUT2D eigenvalue weighted by molar-refractivity contribution is 5.63. The summed E-state index contributed by atoms with van der Waals surface area (Å²) < 4.78 is 95.2. The molecule has 1 aliphatic heterocycles. The number of halogens is 6. The molecule has 0 fully saturated rings. The molecule has 0 saturated carbocycles. The molecule has 0 saturated heterocycles. The van der Waals surface area contributed by atoms with Gasteiger partial charge in [-0.05, 0) is 30.3 Å². The van der Waals surface area contributed by atoms with Crippen molar-refractivity contribution in [3.8, 4) is 23.0 Å². The summed E-state index contributed by atoms with van der Waals surface area (Å²) in [5.74, 6) is 0.646. The molecule has 7 nitrogen and oxygen atoms in total. The molecule has 4 rings (SSSR count). The number of hydrogen-bond donors (Lipinski definition) is 0. The first-order chi connectivity index (χ1) is 15.5. The molecule has 0 bridgehead atoms. The maximum atomic E-state index is 13.3. The van der Waals surface area contributed by atoms with Crippen molar-refractivity contribution in [3.05, 3.63) is 59.3 Å². The van der Waals surface area contributed by atoms with Crippen molar-refractivity contribution in [1.82, 2.24) is 10.2 Å². The number of benzene rings is 2. The molecule has 0 unspecified atom stereocenters. The maximum Gasteiger partial charge on any atom is 0.407 e. The quantitative estimate of drug-likeness (QED) is 0.357. The van der Waals surface area contributed by atoms with E-state index in [9.17, 15) is 26.3 Å². The Hall–Kier alpha value is -3.95. The Bertz CT molecular complexity index is 1220. The molecule has 0 radical (unpaired) electrons. The maximum absolute atomic E-state index is 13.3. The lowest BCUT2D eigenvalue weighted by atomic mass is 10.1. The van der Waals surface area contributed by atoms with Crippen LogP contribution in [-0.4, -0.2) is 29.7 Å². The van der Waals surface area contributed by atoms with Crippen LogP contribution in [0.5, 0.6) is 11.5 Å². The Morgan fingerprint density at radius 2 is 1.73 bits per heavy atom. The van der Waals surface area contributed by atoms with Crippen molar-refractivity contribution in [3.63, 3.8) is 0 Å². The molecule has 0 N–H and O–H groups in total. The van der Waals surface area contributed by atoms with Crippen LogP contribution in [0, 0.1) is 6.57 Å². The summed E-state index contributed by atoms with van der Waals surface area (Å²) in [5.41, 5.74) is -2.05. The van der Waals surface area contributed by atoms with Gasteiger partial charge in [-0.1, -0.05) is 6.07 Å². The SMILES string of the molecule is [C-]#[N+]c1ccc(N(Cc2nnc(-c3ccc4c(c3)OCO4)o2)CC(F)(F)F)cc1C(F)(F)F. The number of nitrogens with zero attached hydrogens (tertiary/aromatic N) is 4. The molecule has 1 aromatic heterocycles. The zero-order valence-corrected chi connectivity index (χ0v) is 16.4. The number of aromatic nitrogens is 2. The number of anilines is 1. The van der Waals surface area contributed by atoms with Crippen LogP contribution in [0.4, 0.5) is 37.7 Å². The summed E-state index contributed by atoms with van der Waals surface area (Å²) in [6, 6.07) is 7.04. The van der Waals surface area contributed by atoms with Crippen molar-refractivity contribution < 1.29 is 40.2 Å². The number of rotatable bonds is 5. The van der Waals surface area contributed by atoms with Gasteiger partial charge in [-0.25, -0.2) is 4.85 Å². The summed E-state index contributed by atoms with van der Waals surface area (Å²) in [4.78, 5) is 3.40. The van der Waals surface area contributed by atoms with Crippen LogP contribution < -0.4 is 14.4 Å². The fourth-order valence-electron chi connectivity index (χ4n) is 3.13. The van der Waals surface area contributed by atoms with Crippen molar-refractivity contribution in [2.75, 3.05) is 18.2 Å². The molecule has 2 aromatic carbocycles. The Kier molecular flexibility index (Phi) is 5.52.